The van der Waals surface area contributed by atoms with E-state index in [0.29, 0.717) is 16.4 Å². The number of benzene rings is 3. The van der Waals surface area contributed by atoms with Crippen LogP contribution in [0.4, 0.5) is 4.79 Å². The average Bonchev–Trinajstić information content (AvgIpc) is 3.02. The van der Waals surface area contributed by atoms with Crippen molar-refractivity contribution in [1.82, 2.24) is 21.3 Å². The summed E-state index contributed by atoms with van der Waals surface area (Å²) in [5.41, 5.74) is 2.66. The fraction of sp³-hybridized carbons (Fsp3) is 0.258. The molecule has 3 aromatic carbocycles. The number of nitrogens with one attached hydrogen (secondary N) is 4. The first-order valence-corrected chi connectivity index (χ1v) is 14.1. The maximum absolute atomic E-state index is 13.1. The van der Waals surface area contributed by atoms with E-state index < -0.39 is 30.1 Å². The molecule has 42 heavy (non-hydrogen) atoms. The molecule has 11 heteroatoms. The Morgan fingerprint density at radius 2 is 1.17 bits per heavy atom. The van der Waals surface area contributed by atoms with E-state index in [2.05, 4.69) is 21.3 Å². The molecule has 3 rings (SSSR count). The summed E-state index contributed by atoms with van der Waals surface area (Å²) in [7, 11) is 1.32. The van der Waals surface area contributed by atoms with Crippen molar-refractivity contribution in [3.63, 3.8) is 0 Å². The Morgan fingerprint density at radius 3 is 1.71 bits per heavy atom. The van der Waals surface area contributed by atoms with Crippen molar-refractivity contribution in [3.05, 3.63) is 108 Å². The normalized spacial score (nSPS) is 11.7. The Morgan fingerprint density at radius 1 is 0.667 bits per heavy atom. The number of alkyl carbamates (subject to hydrolysis) is 1. The molecule has 0 spiro atoms. The maximum Gasteiger partial charge on any atom is 0.408 e. The van der Waals surface area contributed by atoms with Crippen LogP contribution in [0.5, 0.6) is 0 Å². The lowest BCUT2D eigenvalue weighted by Crippen LogP contribution is -2.51. The van der Waals surface area contributed by atoms with Crippen molar-refractivity contribution in [2.45, 2.75) is 31.5 Å². The predicted octanol–water partition coefficient (Wildman–Crippen LogP) is 3.26. The van der Waals surface area contributed by atoms with E-state index in [4.69, 9.17) is 33.9 Å². The number of esters is 1. The lowest BCUT2D eigenvalue weighted by Gasteiger charge is -2.20. The van der Waals surface area contributed by atoms with Crippen molar-refractivity contribution in [3.8, 4) is 0 Å². The second kappa shape index (κ2) is 17.5. The number of methoxy groups -OCH3 is 1. The second-order valence-corrected chi connectivity index (χ2v) is 10.3. The van der Waals surface area contributed by atoms with E-state index in [1.165, 1.54) is 7.11 Å². The minimum absolute atomic E-state index is 0.0211. The molecule has 9 nitrogen and oxygen atoms in total. The summed E-state index contributed by atoms with van der Waals surface area (Å²) in [5, 5.41) is 11.4. The molecule has 0 aliphatic heterocycles. The van der Waals surface area contributed by atoms with E-state index in [0.717, 1.165) is 16.7 Å². The fourth-order valence-electron chi connectivity index (χ4n) is 3.93. The van der Waals surface area contributed by atoms with Crippen molar-refractivity contribution in [2.24, 2.45) is 0 Å². The molecule has 0 radical (unpaired) electrons. The summed E-state index contributed by atoms with van der Waals surface area (Å²) < 4.78 is 10.2. The number of carbonyl (C=O) groups excluding carboxylic acids is 3. The number of thiocarbonyl (C=S) groups is 2. The van der Waals surface area contributed by atoms with Crippen LogP contribution in [0.15, 0.2) is 91.0 Å². The summed E-state index contributed by atoms with van der Waals surface area (Å²) >= 11 is 10.8. The third kappa shape index (κ3) is 11.6. The molecule has 0 fully saturated rings. The van der Waals surface area contributed by atoms with Crippen LogP contribution in [-0.2, 0) is 38.5 Å². The number of hydrogen-bond donors (Lipinski definition) is 4. The molecule has 2 atom stereocenters. The van der Waals surface area contributed by atoms with Crippen molar-refractivity contribution in [1.29, 1.82) is 0 Å². The summed E-state index contributed by atoms with van der Waals surface area (Å²) in [4.78, 5) is 38.5. The Labute approximate surface area is 256 Å². The molecular weight excluding hydrogens is 572 g/mol. The summed E-state index contributed by atoms with van der Waals surface area (Å²) in [6.07, 6.45) is -0.0437. The van der Waals surface area contributed by atoms with Crippen LogP contribution in [0, 0.1) is 0 Å². The van der Waals surface area contributed by atoms with E-state index in [-0.39, 0.29) is 26.1 Å². The van der Waals surface area contributed by atoms with Crippen LogP contribution >= 0.6 is 24.4 Å². The van der Waals surface area contributed by atoms with Crippen LogP contribution in [0.3, 0.4) is 0 Å². The Balaban J connectivity index is 1.49. The number of ether oxygens (including phenoxy) is 2. The quantitative estimate of drug-likeness (QED) is 0.162. The van der Waals surface area contributed by atoms with Crippen LogP contribution in [0.1, 0.15) is 16.7 Å². The summed E-state index contributed by atoms with van der Waals surface area (Å²) in [5.74, 6) is -0.857. The van der Waals surface area contributed by atoms with Gasteiger partial charge in [-0.15, -0.1) is 0 Å². The van der Waals surface area contributed by atoms with Crippen molar-refractivity contribution in [2.75, 3.05) is 20.2 Å². The van der Waals surface area contributed by atoms with Gasteiger partial charge in [0.25, 0.3) is 0 Å². The molecule has 0 heterocycles. The van der Waals surface area contributed by atoms with E-state index in [1.54, 1.807) is 0 Å². The smallest absolute Gasteiger partial charge is 0.408 e. The third-order valence-electron chi connectivity index (χ3n) is 6.08. The molecule has 0 bridgehead atoms. The fourth-order valence-corrected chi connectivity index (χ4v) is 4.29. The first-order valence-electron chi connectivity index (χ1n) is 13.3. The third-order valence-corrected chi connectivity index (χ3v) is 6.63. The standard InChI is InChI=1S/C31H34N4O5S2/c1-39-30(37)26(18-23-13-7-3-8-14-23)34-28(42)20-32-27(41)19-33-29(36)25(17-22-11-5-2-6-12-22)35-31(38)40-21-24-15-9-4-10-16-24/h2-16,25-26H,17-21H2,1H3,(H,32,41)(H,33,36)(H,34,42)(H,35,38)/t25-,26-/m0/s1. The highest BCUT2D eigenvalue weighted by atomic mass is 32.1. The molecule has 3 aromatic rings. The Bertz CT molecular complexity index is 1330. The topological polar surface area (TPSA) is 118 Å². The zero-order chi connectivity index (χ0) is 30.2. The number of hydrogen-bond acceptors (Lipinski definition) is 7. The second-order valence-electron chi connectivity index (χ2n) is 9.28. The van der Waals surface area contributed by atoms with Gasteiger partial charge in [-0.05, 0) is 16.7 Å². The van der Waals surface area contributed by atoms with Crippen LogP contribution in [0.2, 0.25) is 0 Å². The van der Waals surface area contributed by atoms with Gasteiger partial charge in [0.1, 0.15) is 18.7 Å². The lowest BCUT2D eigenvalue weighted by atomic mass is 10.1. The minimum atomic E-state index is -0.889. The Hall–Kier alpha value is -4.35. The van der Waals surface area contributed by atoms with Gasteiger partial charge in [-0.25, -0.2) is 9.59 Å². The molecule has 0 aliphatic carbocycles. The molecule has 0 unspecified atom stereocenters. The SMILES string of the molecule is COC(=O)[C@H](Cc1ccccc1)NC(=S)CNC(=S)CNC(=O)[C@H](Cc1ccccc1)NC(=O)OCc1ccccc1. The molecule has 0 aliphatic rings. The number of rotatable bonds is 14. The minimum Gasteiger partial charge on any atom is -0.467 e. The van der Waals surface area contributed by atoms with Crippen LogP contribution in [-0.4, -0.2) is 60.2 Å². The van der Waals surface area contributed by atoms with Crippen LogP contribution < -0.4 is 21.3 Å². The van der Waals surface area contributed by atoms with Crippen LogP contribution in [0.25, 0.3) is 0 Å². The average molecular weight is 607 g/mol. The molecule has 0 saturated carbocycles. The first-order chi connectivity index (χ1) is 20.3. The van der Waals surface area contributed by atoms with Crippen molar-refractivity contribution >= 4 is 52.4 Å². The molecular formula is C31H34N4O5S2. The van der Waals surface area contributed by atoms with E-state index >= 15 is 0 Å². The van der Waals surface area contributed by atoms with Gasteiger partial charge in [0.15, 0.2) is 0 Å². The molecule has 220 valence electrons. The number of amides is 2. The lowest BCUT2D eigenvalue weighted by molar-refractivity contribution is -0.142. The highest BCUT2D eigenvalue weighted by Crippen LogP contribution is 2.06. The van der Waals surface area contributed by atoms with Gasteiger partial charge in [0.05, 0.1) is 30.2 Å². The predicted molar refractivity (Wildman–Crippen MR) is 169 cm³/mol. The molecule has 0 saturated heterocycles. The summed E-state index contributed by atoms with van der Waals surface area (Å²) in [6, 6.07) is 26.6. The zero-order valence-corrected chi connectivity index (χ0v) is 24.8. The van der Waals surface area contributed by atoms with Gasteiger partial charge < -0.3 is 30.7 Å². The zero-order valence-electron chi connectivity index (χ0n) is 23.2. The highest BCUT2D eigenvalue weighted by molar-refractivity contribution is 7.80. The monoisotopic (exact) mass is 606 g/mol. The van der Waals surface area contributed by atoms with E-state index in [1.807, 2.05) is 91.0 Å². The highest BCUT2D eigenvalue weighted by Gasteiger charge is 2.23. The van der Waals surface area contributed by atoms with Gasteiger partial charge >= 0.3 is 12.1 Å². The molecule has 4 N–H and O–H groups in total. The largest absolute Gasteiger partial charge is 0.467 e. The van der Waals surface area contributed by atoms with Crippen molar-refractivity contribution < 1.29 is 23.9 Å². The van der Waals surface area contributed by atoms with Gasteiger partial charge in [0, 0.05) is 12.8 Å². The van der Waals surface area contributed by atoms with Gasteiger partial charge in [-0.1, -0.05) is 115 Å². The Kier molecular flexibility index (Phi) is 13.4. The van der Waals surface area contributed by atoms with Gasteiger partial charge in [-0.3, -0.25) is 4.79 Å². The number of carbonyl (C=O) groups is 3. The van der Waals surface area contributed by atoms with Gasteiger partial charge in [-0.2, -0.15) is 0 Å². The maximum atomic E-state index is 13.1. The molecule has 2 amide bonds. The summed E-state index contributed by atoms with van der Waals surface area (Å²) in [6.45, 7) is 0.258. The molecule has 0 aromatic heterocycles. The van der Waals surface area contributed by atoms with E-state index in [9.17, 15) is 14.4 Å². The van der Waals surface area contributed by atoms with Gasteiger partial charge in [0.2, 0.25) is 5.91 Å². The first kappa shape index (κ1) is 32.2.